The Balaban J connectivity index is 1.74. The van der Waals surface area contributed by atoms with Crippen LogP contribution < -0.4 is 5.73 Å². The summed E-state index contributed by atoms with van der Waals surface area (Å²) in [6.07, 6.45) is -2.19. The van der Waals surface area contributed by atoms with Crippen molar-refractivity contribution in [1.29, 1.82) is 0 Å². The molecule has 0 unspecified atom stereocenters. The monoisotopic (exact) mass is 371 g/mol. The number of aliphatic hydroxyl groups excluding tert-OH is 1. The van der Waals surface area contributed by atoms with E-state index in [1.54, 1.807) is 7.11 Å². The molecule has 0 aromatic heterocycles. The molecule has 1 aliphatic carbocycles. The van der Waals surface area contributed by atoms with Crippen LogP contribution in [-0.4, -0.2) is 42.7 Å². The standard InChI is InChI=1S/C22H29NO4/c1-15-18(23)21(26-13-16-9-5-3-6-10-16)22(19(24)20(15)25-2)27-14-17-11-7-4-8-12-17/h3-12,15,18-22,24H,13-14,23H2,1-2H3/t15-,18-,19+,20-,21+,22-/m1/s1. The van der Waals surface area contributed by atoms with Crippen LogP contribution in [0, 0.1) is 5.92 Å². The molecule has 2 aromatic rings. The lowest BCUT2D eigenvalue weighted by atomic mass is 9.78. The summed E-state index contributed by atoms with van der Waals surface area (Å²) in [7, 11) is 1.59. The number of hydrogen-bond donors (Lipinski definition) is 2. The summed E-state index contributed by atoms with van der Waals surface area (Å²) in [5.41, 5.74) is 8.57. The summed E-state index contributed by atoms with van der Waals surface area (Å²) in [4.78, 5) is 0. The lowest BCUT2D eigenvalue weighted by Crippen LogP contribution is -2.65. The quantitative estimate of drug-likeness (QED) is 0.782. The predicted molar refractivity (Wildman–Crippen MR) is 104 cm³/mol. The zero-order chi connectivity index (χ0) is 19.2. The molecular formula is C22H29NO4. The van der Waals surface area contributed by atoms with Gasteiger partial charge in [0.25, 0.3) is 0 Å². The molecular weight excluding hydrogens is 342 g/mol. The molecule has 1 fully saturated rings. The fraction of sp³-hybridized carbons (Fsp3) is 0.455. The summed E-state index contributed by atoms with van der Waals surface area (Å²) in [5, 5.41) is 10.9. The highest BCUT2D eigenvalue weighted by atomic mass is 16.6. The smallest absolute Gasteiger partial charge is 0.114 e. The van der Waals surface area contributed by atoms with Crippen LogP contribution in [0.2, 0.25) is 0 Å². The number of benzene rings is 2. The highest BCUT2D eigenvalue weighted by Crippen LogP contribution is 2.31. The normalized spacial score (nSPS) is 31.0. The third-order valence-electron chi connectivity index (χ3n) is 5.34. The number of methoxy groups -OCH3 is 1. The van der Waals surface area contributed by atoms with Gasteiger partial charge in [0.15, 0.2) is 0 Å². The van der Waals surface area contributed by atoms with Crippen molar-refractivity contribution in [2.75, 3.05) is 7.11 Å². The Morgan fingerprint density at radius 3 is 1.78 bits per heavy atom. The Labute approximate surface area is 161 Å². The van der Waals surface area contributed by atoms with Crippen LogP contribution in [0.5, 0.6) is 0 Å². The van der Waals surface area contributed by atoms with Crippen molar-refractivity contribution < 1.29 is 19.3 Å². The highest BCUT2D eigenvalue weighted by molar-refractivity contribution is 5.15. The van der Waals surface area contributed by atoms with E-state index in [9.17, 15) is 5.11 Å². The summed E-state index contributed by atoms with van der Waals surface area (Å²) in [6, 6.07) is 19.5. The molecule has 0 aliphatic heterocycles. The van der Waals surface area contributed by atoms with Crippen molar-refractivity contribution in [1.82, 2.24) is 0 Å². The summed E-state index contributed by atoms with van der Waals surface area (Å²) in [5.74, 6) is -0.0534. The molecule has 6 atom stereocenters. The minimum atomic E-state index is -0.811. The first-order valence-corrected chi connectivity index (χ1v) is 9.39. The summed E-state index contributed by atoms with van der Waals surface area (Å²) >= 11 is 0. The minimum absolute atomic E-state index is 0.0534. The maximum atomic E-state index is 10.9. The Morgan fingerprint density at radius 2 is 1.30 bits per heavy atom. The molecule has 3 N–H and O–H groups in total. The van der Waals surface area contributed by atoms with E-state index < -0.39 is 24.4 Å². The van der Waals surface area contributed by atoms with E-state index in [4.69, 9.17) is 19.9 Å². The zero-order valence-corrected chi connectivity index (χ0v) is 15.9. The van der Waals surface area contributed by atoms with Gasteiger partial charge < -0.3 is 25.1 Å². The molecule has 0 saturated heterocycles. The third kappa shape index (κ3) is 4.75. The van der Waals surface area contributed by atoms with Gasteiger partial charge in [-0.05, 0) is 11.1 Å². The maximum absolute atomic E-state index is 10.9. The van der Waals surface area contributed by atoms with Gasteiger partial charge in [-0.3, -0.25) is 0 Å². The molecule has 0 heterocycles. The molecule has 1 aliphatic rings. The van der Waals surface area contributed by atoms with Crippen molar-refractivity contribution >= 4 is 0 Å². The van der Waals surface area contributed by atoms with E-state index >= 15 is 0 Å². The Bertz CT molecular complexity index is 681. The molecule has 0 bridgehead atoms. The van der Waals surface area contributed by atoms with Gasteiger partial charge in [0.2, 0.25) is 0 Å². The summed E-state index contributed by atoms with van der Waals surface area (Å²) < 4.78 is 17.8. The Hall–Kier alpha value is -1.76. The fourth-order valence-electron chi connectivity index (χ4n) is 3.72. The molecule has 3 rings (SSSR count). The molecule has 5 heteroatoms. The largest absolute Gasteiger partial charge is 0.388 e. The molecule has 0 spiro atoms. The van der Waals surface area contributed by atoms with Crippen molar-refractivity contribution in [2.24, 2.45) is 11.7 Å². The zero-order valence-electron chi connectivity index (χ0n) is 15.9. The maximum Gasteiger partial charge on any atom is 0.114 e. The van der Waals surface area contributed by atoms with Gasteiger partial charge >= 0.3 is 0 Å². The average Bonchev–Trinajstić information content (AvgIpc) is 2.71. The number of nitrogens with two attached hydrogens (primary N) is 1. The average molecular weight is 371 g/mol. The van der Waals surface area contributed by atoms with E-state index in [2.05, 4.69) is 0 Å². The second kappa shape index (κ2) is 9.44. The van der Waals surface area contributed by atoms with E-state index in [0.29, 0.717) is 13.2 Å². The molecule has 5 nitrogen and oxygen atoms in total. The van der Waals surface area contributed by atoms with Crippen molar-refractivity contribution in [3.63, 3.8) is 0 Å². The van der Waals surface area contributed by atoms with E-state index in [-0.39, 0.29) is 12.0 Å². The summed E-state index contributed by atoms with van der Waals surface area (Å²) in [6.45, 7) is 2.78. The number of hydrogen-bond acceptors (Lipinski definition) is 5. The fourth-order valence-corrected chi connectivity index (χ4v) is 3.72. The van der Waals surface area contributed by atoms with Crippen LogP contribution in [0.3, 0.4) is 0 Å². The Morgan fingerprint density at radius 1 is 0.815 bits per heavy atom. The molecule has 146 valence electrons. The van der Waals surface area contributed by atoms with Crippen molar-refractivity contribution in [3.8, 4) is 0 Å². The first kappa shape index (κ1) is 20.0. The van der Waals surface area contributed by atoms with Crippen LogP contribution in [0.1, 0.15) is 18.1 Å². The van der Waals surface area contributed by atoms with E-state index in [0.717, 1.165) is 11.1 Å². The van der Waals surface area contributed by atoms with Gasteiger partial charge in [-0.1, -0.05) is 67.6 Å². The highest BCUT2D eigenvalue weighted by Gasteiger charge is 2.48. The molecule has 0 amide bonds. The lowest BCUT2D eigenvalue weighted by molar-refractivity contribution is -0.208. The van der Waals surface area contributed by atoms with Crippen LogP contribution in [0.25, 0.3) is 0 Å². The van der Waals surface area contributed by atoms with Gasteiger partial charge in [0, 0.05) is 19.1 Å². The van der Waals surface area contributed by atoms with Crippen LogP contribution >= 0.6 is 0 Å². The minimum Gasteiger partial charge on any atom is -0.388 e. The second-order valence-corrected chi connectivity index (χ2v) is 7.15. The van der Waals surface area contributed by atoms with E-state index in [1.165, 1.54) is 0 Å². The van der Waals surface area contributed by atoms with Gasteiger partial charge in [-0.25, -0.2) is 0 Å². The van der Waals surface area contributed by atoms with E-state index in [1.807, 2.05) is 67.6 Å². The first-order chi connectivity index (χ1) is 13.1. The van der Waals surface area contributed by atoms with Crippen LogP contribution in [0.15, 0.2) is 60.7 Å². The topological polar surface area (TPSA) is 73.9 Å². The van der Waals surface area contributed by atoms with Crippen LogP contribution in [-0.2, 0) is 27.4 Å². The second-order valence-electron chi connectivity index (χ2n) is 7.15. The number of aliphatic hydroxyl groups is 1. The SMILES string of the molecule is CO[C@@H]1[C@H](C)[C@@H](N)[C@H](OCc2ccccc2)[C@H](OCc2ccccc2)[C@H]1O. The molecule has 0 radical (unpaired) electrons. The van der Waals surface area contributed by atoms with Gasteiger partial charge in [0.1, 0.15) is 18.3 Å². The number of rotatable bonds is 7. The van der Waals surface area contributed by atoms with Crippen LogP contribution in [0.4, 0.5) is 0 Å². The molecule has 1 saturated carbocycles. The Kier molecular flexibility index (Phi) is 6.99. The van der Waals surface area contributed by atoms with Crippen molar-refractivity contribution in [2.45, 2.75) is 50.6 Å². The molecule has 2 aromatic carbocycles. The first-order valence-electron chi connectivity index (χ1n) is 9.39. The number of ether oxygens (including phenoxy) is 3. The van der Waals surface area contributed by atoms with Gasteiger partial charge in [-0.15, -0.1) is 0 Å². The predicted octanol–water partition coefficient (Wildman–Crippen LogP) is 2.51. The van der Waals surface area contributed by atoms with Gasteiger partial charge in [0.05, 0.1) is 19.3 Å². The van der Waals surface area contributed by atoms with Gasteiger partial charge in [-0.2, -0.15) is 0 Å². The van der Waals surface area contributed by atoms with Crippen molar-refractivity contribution in [3.05, 3.63) is 71.8 Å². The molecule has 27 heavy (non-hydrogen) atoms. The lowest BCUT2D eigenvalue weighted by Gasteiger charge is -2.46. The third-order valence-corrected chi connectivity index (χ3v) is 5.34.